The Hall–Kier alpha value is -2.40. The molecule has 5 heteroatoms. The molecule has 0 saturated heterocycles. The summed E-state index contributed by atoms with van der Waals surface area (Å²) in [5.41, 5.74) is 1.30. The van der Waals surface area contributed by atoms with Crippen molar-refractivity contribution in [2.24, 2.45) is 5.92 Å². The standard InChI is InChI=1S/C13H13N3O2/c1-9(2)5-11-7-13(16(17)18)12(8-15)6-10(11)3-4-14/h6-7,9H,3,5H2,1-2H3. The van der Waals surface area contributed by atoms with Crippen LogP contribution in [0.4, 0.5) is 5.69 Å². The Morgan fingerprint density at radius 3 is 2.44 bits per heavy atom. The molecule has 0 aromatic heterocycles. The number of hydrogen-bond acceptors (Lipinski definition) is 4. The third-order valence-corrected chi connectivity index (χ3v) is 2.53. The van der Waals surface area contributed by atoms with Crippen LogP contribution in [0.15, 0.2) is 12.1 Å². The van der Waals surface area contributed by atoms with Crippen LogP contribution in [0, 0.1) is 38.7 Å². The van der Waals surface area contributed by atoms with Crippen LogP contribution in [0.3, 0.4) is 0 Å². The first-order valence-corrected chi connectivity index (χ1v) is 5.56. The maximum absolute atomic E-state index is 10.9. The topological polar surface area (TPSA) is 90.7 Å². The molecule has 1 aromatic carbocycles. The Morgan fingerprint density at radius 2 is 2.00 bits per heavy atom. The fourth-order valence-electron chi connectivity index (χ4n) is 1.80. The van der Waals surface area contributed by atoms with Crippen molar-refractivity contribution in [3.05, 3.63) is 38.9 Å². The van der Waals surface area contributed by atoms with E-state index < -0.39 is 4.92 Å². The summed E-state index contributed by atoms with van der Waals surface area (Å²) in [5.74, 6) is 0.329. The van der Waals surface area contributed by atoms with E-state index in [1.807, 2.05) is 19.9 Å². The Bertz CT molecular complexity index is 551. The van der Waals surface area contributed by atoms with Gasteiger partial charge in [0.05, 0.1) is 17.4 Å². The lowest BCUT2D eigenvalue weighted by molar-refractivity contribution is -0.385. The fraction of sp³-hybridized carbons (Fsp3) is 0.385. The lowest BCUT2D eigenvalue weighted by Crippen LogP contribution is -2.03. The third-order valence-electron chi connectivity index (χ3n) is 2.53. The summed E-state index contributed by atoms with van der Waals surface area (Å²) < 4.78 is 0. The van der Waals surface area contributed by atoms with E-state index >= 15 is 0 Å². The van der Waals surface area contributed by atoms with Gasteiger partial charge in [-0.2, -0.15) is 10.5 Å². The monoisotopic (exact) mass is 243 g/mol. The summed E-state index contributed by atoms with van der Waals surface area (Å²) in [5, 5.41) is 28.5. The Kier molecular flexibility index (Phi) is 4.39. The summed E-state index contributed by atoms with van der Waals surface area (Å²) in [7, 11) is 0. The lowest BCUT2D eigenvalue weighted by Gasteiger charge is -2.10. The van der Waals surface area contributed by atoms with Crippen LogP contribution < -0.4 is 0 Å². The molecule has 0 N–H and O–H groups in total. The summed E-state index contributed by atoms with van der Waals surface area (Å²) in [6.07, 6.45) is 0.818. The van der Waals surface area contributed by atoms with Crippen LogP contribution in [-0.2, 0) is 12.8 Å². The minimum atomic E-state index is -0.557. The molecule has 0 aliphatic carbocycles. The zero-order valence-corrected chi connectivity index (χ0v) is 10.3. The van der Waals surface area contributed by atoms with Crippen LogP contribution in [0.25, 0.3) is 0 Å². The predicted molar refractivity (Wildman–Crippen MR) is 65.7 cm³/mol. The molecule has 5 nitrogen and oxygen atoms in total. The van der Waals surface area contributed by atoms with Gasteiger partial charge >= 0.3 is 0 Å². The molecule has 1 aromatic rings. The van der Waals surface area contributed by atoms with Gasteiger partial charge in [0.25, 0.3) is 5.69 Å². The van der Waals surface area contributed by atoms with Gasteiger partial charge in [0, 0.05) is 6.07 Å². The van der Waals surface area contributed by atoms with Crippen LogP contribution in [0.2, 0.25) is 0 Å². The number of nitrogens with zero attached hydrogens (tertiary/aromatic N) is 3. The SMILES string of the molecule is CC(C)Cc1cc([N+](=O)[O-])c(C#N)cc1CC#N. The molecule has 0 heterocycles. The quantitative estimate of drug-likeness (QED) is 0.600. The second kappa shape index (κ2) is 5.79. The normalized spacial score (nSPS) is 9.83. The number of hydrogen-bond donors (Lipinski definition) is 0. The van der Waals surface area contributed by atoms with Crippen LogP contribution in [0.5, 0.6) is 0 Å². The van der Waals surface area contributed by atoms with E-state index in [2.05, 4.69) is 0 Å². The maximum Gasteiger partial charge on any atom is 0.287 e. The van der Waals surface area contributed by atoms with Gasteiger partial charge in [-0.15, -0.1) is 0 Å². The average Bonchev–Trinajstić information content (AvgIpc) is 2.30. The molecular formula is C13H13N3O2. The van der Waals surface area contributed by atoms with Crippen LogP contribution >= 0.6 is 0 Å². The van der Waals surface area contributed by atoms with Crippen molar-refractivity contribution >= 4 is 5.69 Å². The maximum atomic E-state index is 10.9. The molecular weight excluding hydrogens is 230 g/mol. The van der Waals surface area contributed by atoms with Crippen LogP contribution in [-0.4, -0.2) is 4.92 Å². The van der Waals surface area contributed by atoms with E-state index in [-0.39, 0.29) is 17.7 Å². The van der Waals surface area contributed by atoms with Crippen molar-refractivity contribution in [1.82, 2.24) is 0 Å². The van der Waals surface area contributed by atoms with Crippen molar-refractivity contribution in [1.29, 1.82) is 10.5 Å². The van der Waals surface area contributed by atoms with Crippen molar-refractivity contribution in [2.45, 2.75) is 26.7 Å². The van der Waals surface area contributed by atoms with E-state index in [4.69, 9.17) is 10.5 Å². The van der Waals surface area contributed by atoms with Crippen molar-refractivity contribution in [3.63, 3.8) is 0 Å². The second-order valence-electron chi connectivity index (χ2n) is 4.44. The van der Waals surface area contributed by atoms with Gasteiger partial charge in [0.1, 0.15) is 11.6 Å². The van der Waals surface area contributed by atoms with E-state index in [9.17, 15) is 10.1 Å². The Labute approximate surface area is 105 Å². The zero-order valence-electron chi connectivity index (χ0n) is 10.3. The third kappa shape index (κ3) is 3.05. The molecule has 0 radical (unpaired) electrons. The smallest absolute Gasteiger partial charge is 0.258 e. The highest BCUT2D eigenvalue weighted by molar-refractivity contribution is 5.54. The van der Waals surface area contributed by atoms with Crippen molar-refractivity contribution in [2.75, 3.05) is 0 Å². The Balaban J connectivity index is 3.39. The molecule has 0 atom stereocenters. The molecule has 92 valence electrons. The summed E-state index contributed by atoms with van der Waals surface area (Å²) in [4.78, 5) is 10.3. The van der Waals surface area contributed by atoms with Gasteiger partial charge in [-0.3, -0.25) is 10.1 Å². The van der Waals surface area contributed by atoms with Gasteiger partial charge in [0.15, 0.2) is 0 Å². The highest BCUT2D eigenvalue weighted by atomic mass is 16.6. The number of benzene rings is 1. The number of nitriles is 2. The largest absolute Gasteiger partial charge is 0.287 e. The number of nitro benzene ring substituents is 1. The minimum absolute atomic E-state index is 0.0118. The fourth-order valence-corrected chi connectivity index (χ4v) is 1.80. The molecule has 0 bridgehead atoms. The van der Waals surface area contributed by atoms with Gasteiger partial charge in [-0.25, -0.2) is 0 Å². The molecule has 18 heavy (non-hydrogen) atoms. The summed E-state index contributed by atoms with van der Waals surface area (Å²) >= 11 is 0. The molecule has 1 rings (SSSR count). The van der Waals surface area contributed by atoms with Gasteiger partial charge in [-0.1, -0.05) is 13.8 Å². The minimum Gasteiger partial charge on any atom is -0.258 e. The molecule has 0 unspecified atom stereocenters. The molecule has 0 saturated carbocycles. The molecule has 0 fully saturated rings. The highest BCUT2D eigenvalue weighted by Crippen LogP contribution is 2.25. The van der Waals surface area contributed by atoms with Gasteiger partial charge in [0.2, 0.25) is 0 Å². The second-order valence-corrected chi connectivity index (χ2v) is 4.44. The number of nitro groups is 1. The van der Waals surface area contributed by atoms with E-state index in [1.165, 1.54) is 12.1 Å². The van der Waals surface area contributed by atoms with E-state index in [1.54, 1.807) is 6.07 Å². The Morgan fingerprint density at radius 1 is 1.33 bits per heavy atom. The predicted octanol–water partition coefficient (Wildman–Crippen LogP) is 2.73. The summed E-state index contributed by atoms with van der Waals surface area (Å²) in [6, 6.07) is 6.70. The zero-order chi connectivity index (χ0) is 13.7. The van der Waals surface area contributed by atoms with Gasteiger partial charge < -0.3 is 0 Å². The first-order chi connectivity index (χ1) is 8.49. The average molecular weight is 243 g/mol. The first kappa shape index (κ1) is 13.7. The van der Waals surface area contributed by atoms with Crippen LogP contribution in [0.1, 0.15) is 30.5 Å². The van der Waals surface area contributed by atoms with E-state index in [0.717, 1.165) is 5.56 Å². The molecule has 0 amide bonds. The molecule has 0 aliphatic heterocycles. The van der Waals surface area contributed by atoms with Crippen molar-refractivity contribution in [3.8, 4) is 12.1 Å². The van der Waals surface area contributed by atoms with Crippen molar-refractivity contribution < 1.29 is 4.92 Å². The molecule has 0 spiro atoms. The van der Waals surface area contributed by atoms with E-state index in [0.29, 0.717) is 17.9 Å². The highest BCUT2D eigenvalue weighted by Gasteiger charge is 2.18. The molecule has 0 aliphatic rings. The van der Waals surface area contributed by atoms with Gasteiger partial charge in [-0.05, 0) is 29.5 Å². The first-order valence-electron chi connectivity index (χ1n) is 5.56. The number of rotatable bonds is 4. The lowest BCUT2D eigenvalue weighted by atomic mass is 9.94. The summed E-state index contributed by atoms with van der Waals surface area (Å²) in [6.45, 7) is 4.00.